The number of nitrogens with zero attached hydrogens (tertiary/aromatic N) is 4. The molecule has 4 aromatic rings. The fraction of sp³-hybridized carbons (Fsp3) is 0.200. The lowest BCUT2D eigenvalue weighted by Gasteiger charge is -2.28. The number of nitrogens with one attached hydrogen (secondary N) is 1. The third kappa shape index (κ3) is 4.06. The summed E-state index contributed by atoms with van der Waals surface area (Å²) in [7, 11) is 1.67. The SMILES string of the molecule is Cn1ccn(-c2ccc(-c3cc(F)cc(-c4ccnc(N5CCNCC5)c4)c3N)cc2Cl)c1=O. The fourth-order valence-corrected chi connectivity index (χ4v) is 4.54. The van der Waals surface area contributed by atoms with Crippen LogP contribution in [-0.2, 0) is 7.05 Å². The second-order valence-electron chi connectivity index (χ2n) is 8.28. The van der Waals surface area contributed by atoms with Crippen LogP contribution in [0.1, 0.15) is 0 Å². The van der Waals surface area contributed by atoms with Gasteiger partial charge in [-0.2, -0.15) is 0 Å². The van der Waals surface area contributed by atoms with Crippen molar-refractivity contribution in [3.05, 3.63) is 82.4 Å². The molecular weight excluding hydrogens is 455 g/mol. The van der Waals surface area contributed by atoms with Crippen molar-refractivity contribution in [3.63, 3.8) is 0 Å². The maximum absolute atomic E-state index is 14.8. The Morgan fingerprint density at radius 3 is 2.38 bits per heavy atom. The Kier molecular flexibility index (Phi) is 5.85. The summed E-state index contributed by atoms with van der Waals surface area (Å²) < 4.78 is 17.7. The summed E-state index contributed by atoms with van der Waals surface area (Å²) in [6.45, 7) is 3.50. The molecule has 0 unspecified atom stereocenters. The number of anilines is 2. The number of aromatic nitrogens is 3. The normalized spacial score (nSPS) is 13.9. The van der Waals surface area contributed by atoms with E-state index >= 15 is 0 Å². The molecule has 0 aliphatic carbocycles. The van der Waals surface area contributed by atoms with Crippen LogP contribution in [0, 0.1) is 5.82 Å². The van der Waals surface area contributed by atoms with Crippen molar-refractivity contribution < 1.29 is 4.39 Å². The van der Waals surface area contributed by atoms with Gasteiger partial charge in [0, 0.05) is 68.6 Å². The fourth-order valence-electron chi connectivity index (χ4n) is 4.27. The van der Waals surface area contributed by atoms with Crippen molar-refractivity contribution in [2.75, 3.05) is 36.8 Å². The number of halogens is 2. The molecule has 0 saturated carbocycles. The first kappa shape index (κ1) is 22.2. The number of nitrogens with two attached hydrogens (primary N) is 1. The van der Waals surface area contributed by atoms with Crippen molar-refractivity contribution in [2.45, 2.75) is 0 Å². The smallest absolute Gasteiger partial charge is 0.332 e. The highest BCUT2D eigenvalue weighted by Gasteiger charge is 2.17. The molecule has 5 rings (SSSR count). The molecule has 1 aliphatic rings. The van der Waals surface area contributed by atoms with Crippen LogP contribution >= 0.6 is 11.6 Å². The van der Waals surface area contributed by atoms with Crippen LogP contribution in [0.5, 0.6) is 0 Å². The third-order valence-electron chi connectivity index (χ3n) is 6.11. The van der Waals surface area contributed by atoms with Crippen LogP contribution in [0.15, 0.2) is 65.8 Å². The molecule has 3 heterocycles. The van der Waals surface area contributed by atoms with Gasteiger partial charge in [0.15, 0.2) is 0 Å². The van der Waals surface area contributed by atoms with Crippen LogP contribution in [0.4, 0.5) is 15.9 Å². The van der Waals surface area contributed by atoms with Gasteiger partial charge >= 0.3 is 5.69 Å². The standard InChI is InChI=1S/C25H24ClFN6O/c1-31-10-11-33(25(31)34)22-3-2-16(12-21(22)26)19-14-18(27)15-20(24(19)28)17-4-5-30-23(13-17)32-8-6-29-7-9-32/h2-5,10-15,29H,6-9,28H2,1H3. The zero-order valence-electron chi connectivity index (χ0n) is 18.6. The lowest BCUT2D eigenvalue weighted by atomic mass is 9.96. The van der Waals surface area contributed by atoms with E-state index in [1.807, 2.05) is 12.1 Å². The molecule has 1 saturated heterocycles. The average molecular weight is 479 g/mol. The minimum atomic E-state index is -0.404. The topological polar surface area (TPSA) is 81.1 Å². The highest BCUT2D eigenvalue weighted by molar-refractivity contribution is 6.32. The predicted molar refractivity (Wildman–Crippen MR) is 134 cm³/mol. The summed E-state index contributed by atoms with van der Waals surface area (Å²) in [5.41, 5.74) is 9.91. The molecule has 0 bridgehead atoms. The largest absolute Gasteiger partial charge is 0.398 e. The minimum absolute atomic E-state index is 0.208. The van der Waals surface area contributed by atoms with E-state index in [1.54, 1.807) is 43.8 Å². The summed E-state index contributed by atoms with van der Waals surface area (Å²) in [5, 5.41) is 3.69. The first-order valence-electron chi connectivity index (χ1n) is 11.0. The number of benzene rings is 2. The van der Waals surface area contributed by atoms with Gasteiger partial charge in [0.05, 0.1) is 10.7 Å². The number of hydrogen-bond acceptors (Lipinski definition) is 5. The van der Waals surface area contributed by atoms with Gasteiger partial charge in [0.2, 0.25) is 0 Å². The van der Waals surface area contributed by atoms with E-state index in [0.29, 0.717) is 33.1 Å². The van der Waals surface area contributed by atoms with Crippen molar-refractivity contribution in [1.29, 1.82) is 0 Å². The van der Waals surface area contributed by atoms with Gasteiger partial charge in [-0.1, -0.05) is 17.7 Å². The molecule has 0 amide bonds. The molecule has 1 fully saturated rings. The molecule has 3 N–H and O–H groups in total. The number of pyridine rings is 1. The van der Waals surface area contributed by atoms with Crippen LogP contribution < -0.4 is 21.6 Å². The van der Waals surface area contributed by atoms with Gasteiger partial charge < -0.3 is 20.5 Å². The molecule has 1 aliphatic heterocycles. The highest BCUT2D eigenvalue weighted by Crippen LogP contribution is 2.38. The van der Waals surface area contributed by atoms with E-state index in [4.69, 9.17) is 17.3 Å². The number of nitrogen functional groups attached to an aromatic ring is 1. The second kappa shape index (κ2) is 8.96. The van der Waals surface area contributed by atoms with Gasteiger partial charge in [-0.3, -0.25) is 4.57 Å². The Balaban J connectivity index is 1.55. The highest BCUT2D eigenvalue weighted by atomic mass is 35.5. The van der Waals surface area contributed by atoms with E-state index in [1.165, 1.54) is 21.3 Å². The van der Waals surface area contributed by atoms with E-state index < -0.39 is 5.82 Å². The van der Waals surface area contributed by atoms with Crippen molar-refractivity contribution in [2.24, 2.45) is 7.05 Å². The number of piperazine rings is 1. The van der Waals surface area contributed by atoms with Crippen LogP contribution in [-0.4, -0.2) is 40.3 Å². The summed E-state index contributed by atoms with van der Waals surface area (Å²) in [5.74, 6) is 0.434. The predicted octanol–water partition coefficient (Wildman–Crippen LogP) is 3.69. The molecular formula is C25H24ClFN6O. The summed E-state index contributed by atoms with van der Waals surface area (Å²) in [6.07, 6.45) is 5.03. The number of imidazole rings is 1. The van der Waals surface area contributed by atoms with E-state index in [0.717, 1.165) is 37.6 Å². The van der Waals surface area contributed by atoms with Gasteiger partial charge in [-0.25, -0.2) is 14.2 Å². The average Bonchev–Trinajstić information content (AvgIpc) is 3.18. The minimum Gasteiger partial charge on any atom is -0.398 e. The maximum atomic E-state index is 14.8. The molecule has 174 valence electrons. The van der Waals surface area contributed by atoms with Crippen LogP contribution in [0.25, 0.3) is 27.9 Å². The summed E-state index contributed by atoms with van der Waals surface area (Å²) in [6, 6.07) is 11.8. The lowest BCUT2D eigenvalue weighted by molar-refractivity contribution is 0.585. The lowest BCUT2D eigenvalue weighted by Crippen LogP contribution is -2.43. The first-order valence-corrected chi connectivity index (χ1v) is 11.4. The van der Waals surface area contributed by atoms with Crippen molar-refractivity contribution >= 4 is 23.1 Å². The first-order chi connectivity index (χ1) is 16.4. The maximum Gasteiger partial charge on any atom is 0.332 e. The zero-order chi connectivity index (χ0) is 23.8. The number of rotatable bonds is 4. The zero-order valence-corrected chi connectivity index (χ0v) is 19.4. The van der Waals surface area contributed by atoms with E-state index in [9.17, 15) is 9.18 Å². The quantitative estimate of drug-likeness (QED) is 0.437. The molecule has 0 spiro atoms. The summed E-state index contributed by atoms with van der Waals surface area (Å²) >= 11 is 6.53. The van der Waals surface area contributed by atoms with Gasteiger partial charge in [-0.05, 0) is 47.5 Å². The molecule has 0 atom stereocenters. The van der Waals surface area contributed by atoms with Gasteiger partial charge in [0.1, 0.15) is 11.6 Å². The number of hydrogen-bond donors (Lipinski definition) is 2. The monoisotopic (exact) mass is 478 g/mol. The summed E-state index contributed by atoms with van der Waals surface area (Å²) in [4.78, 5) is 19.0. The molecule has 7 nitrogen and oxygen atoms in total. The third-order valence-corrected chi connectivity index (χ3v) is 6.41. The Morgan fingerprint density at radius 2 is 1.74 bits per heavy atom. The van der Waals surface area contributed by atoms with E-state index in [-0.39, 0.29) is 5.69 Å². The van der Waals surface area contributed by atoms with Gasteiger partial charge in [-0.15, -0.1) is 0 Å². The van der Waals surface area contributed by atoms with Crippen molar-refractivity contribution in [1.82, 2.24) is 19.4 Å². The van der Waals surface area contributed by atoms with Crippen LogP contribution in [0.3, 0.4) is 0 Å². The van der Waals surface area contributed by atoms with E-state index in [2.05, 4.69) is 15.2 Å². The second-order valence-corrected chi connectivity index (χ2v) is 8.69. The Hall–Kier alpha value is -3.62. The number of aryl methyl sites for hydroxylation is 1. The van der Waals surface area contributed by atoms with Gasteiger partial charge in [0.25, 0.3) is 0 Å². The molecule has 2 aromatic heterocycles. The molecule has 34 heavy (non-hydrogen) atoms. The Labute approximate surface area is 201 Å². The Bertz CT molecular complexity index is 1420. The molecule has 2 aromatic carbocycles. The molecule has 0 radical (unpaired) electrons. The molecule has 9 heteroatoms. The van der Waals surface area contributed by atoms with Crippen molar-refractivity contribution in [3.8, 4) is 27.9 Å². The Morgan fingerprint density at radius 1 is 1.03 bits per heavy atom. The van der Waals surface area contributed by atoms with Crippen LogP contribution in [0.2, 0.25) is 5.02 Å².